The van der Waals surface area contributed by atoms with Gasteiger partial charge in [0.05, 0.1) is 18.4 Å². The van der Waals surface area contributed by atoms with E-state index in [1.807, 2.05) is 12.3 Å². The van der Waals surface area contributed by atoms with Crippen molar-refractivity contribution >= 4 is 39.8 Å². The Balaban J connectivity index is 1.90. The van der Waals surface area contributed by atoms with Crippen LogP contribution in [0.4, 0.5) is 5.95 Å². The highest BCUT2D eigenvalue weighted by molar-refractivity contribution is 7.15. The molecule has 1 N–H and O–H groups in total. The molecule has 0 spiro atoms. The number of nitrogens with zero attached hydrogens (tertiary/aromatic N) is 3. The van der Waals surface area contributed by atoms with Crippen LogP contribution < -0.4 is 10.1 Å². The number of ether oxygens (including phenoxy) is 1. The van der Waals surface area contributed by atoms with Crippen LogP contribution in [-0.4, -0.2) is 27.6 Å². The van der Waals surface area contributed by atoms with Crippen LogP contribution in [0.25, 0.3) is 4.96 Å². The Morgan fingerprint density at radius 3 is 3.00 bits per heavy atom. The van der Waals surface area contributed by atoms with Gasteiger partial charge in [0.1, 0.15) is 5.75 Å². The standard InChI is InChI=1S/C13H11ClN4O2S/c1-7-6-21-13-16-12(17-18(7)13)15-11(19)9-5-8(14)3-4-10(9)20-2/h3-6H,1-2H3,(H,15,17,19). The Kier molecular flexibility index (Phi) is 3.52. The van der Waals surface area contributed by atoms with Crippen LogP contribution in [0.15, 0.2) is 23.6 Å². The van der Waals surface area contributed by atoms with Gasteiger partial charge in [-0.15, -0.1) is 16.4 Å². The van der Waals surface area contributed by atoms with Crippen LogP contribution in [0.5, 0.6) is 5.75 Å². The number of amides is 1. The molecule has 0 fully saturated rings. The van der Waals surface area contributed by atoms with Gasteiger partial charge >= 0.3 is 0 Å². The van der Waals surface area contributed by atoms with E-state index in [-0.39, 0.29) is 11.9 Å². The van der Waals surface area contributed by atoms with Crippen molar-refractivity contribution in [3.63, 3.8) is 0 Å². The van der Waals surface area contributed by atoms with Crippen molar-refractivity contribution in [2.75, 3.05) is 12.4 Å². The van der Waals surface area contributed by atoms with Gasteiger partial charge in [0.25, 0.3) is 11.9 Å². The van der Waals surface area contributed by atoms with Gasteiger partial charge in [-0.1, -0.05) is 11.6 Å². The van der Waals surface area contributed by atoms with Crippen molar-refractivity contribution < 1.29 is 9.53 Å². The normalized spacial score (nSPS) is 10.8. The van der Waals surface area contributed by atoms with E-state index < -0.39 is 0 Å². The van der Waals surface area contributed by atoms with E-state index in [2.05, 4.69) is 15.4 Å². The van der Waals surface area contributed by atoms with E-state index >= 15 is 0 Å². The molecule has 0 aliphatic rings. The van der Waals surface area contributed by atoms with Crippen molar-refractivity contribution in [2.45, 2.75) is 6.92 Å². The average Bonchev–Trinajstić information content (AvgIpc) is 3.01. The number of thiazole rings is 1. The van der Waals surface area contributed by atoms with Gasteiger partial charge in [-0.3, -0.25) is 10.1 Å². The lowest BCUT2D eigenvalue weighted by atomic mass is 10.2. The summed E-state index contributed by atoms with van der Waals surface area (Å²) < 4.78 is 6.83. The minimum atomic E-state index is -0.370. The van der Waals surface area contributed by atoms with Crippen molar-refractivity contribution in [2.24, 2.45) is 0 Å². The Hall–Kier alpha value is -2.12. The molecule has 0 aliphatic carbocycles. The number of hydrogen-bond donors (Lipinski definition) is 1. The fourth-order valence-corrected chi connectivity index (χ4v) is 2.84. The van der Waals surface area contributed by atoms with E-state index in [0.717, 1.165) is 10.7 Å². The maximum atomic E-state index is 12.3. The van der Waals surface area contributed by atoms with Gasteiger partial charge in [-0.25, -0.2) is 4.52 Å². The third-order valence-electron chi connectivity index (χ3n) is 2.88. The van der Waals surface area contributed by atoms with Crippen LogP contribution in [0.2, 0.25) is 5.02 Å². The summed E-state index contributed by atoms with van der Waals surface area (Å²) >= 11 is 7.38. The van der Waals surface area contributed by atoms with Crippen molar-refractivity contribution in [1.29, 1.82) is 0 Å². The Morgan fingerprint density at radius 2 is 2.29 bits per heavy atom. The minimum absolute atomic E-state index is 0.247. The Morgan fingerprint density at radius 1 is 1.48 bits per heavy atom. The molecule has 0 saturated heterocycles. The quantitative estimate of drug-likeness (QED) is 0.804. The first kappa shape index (κ1) is 13.8. The highest BCUT2D eigenvalue weighted by Crippen LogP contribution is 2.23. The van der Waals surface area contributed by atoms with Crippen molar-refractivity contribution in [3.8, 4) is 5.75 Å². The fraction of sp³-hybridized carbons (Fsp3) is 0.154. The zero-order chi connectivity index (χ0) is 15.0. The Labute approximate surface area is 129 Å². The lowest BCUT2D eigenvalue weighted by Crippen LogP contribution is -2.14. The number of nitrogens with one attached hydrogen (secondary N) is 1. The first-order valence-corrected chi connectivity index (χ1v) is 7.30. The smallest absolute Gasteiger partial charge is 0.261 e. The van der Waals surface area contributed by atoms with Gasteiger partial charge in [0.2, 0.25) is 4.96 Å². The highest BCUT2D eigenvalue weighted by Gasteiger charge is 2.16. The fourth-order valence-electron chi connectivity index (χ4n) is 1.87. The number of rotatable bonds is 3. The number of anilines is 1. The summed E-state index contributed by atoms with van der Waals surface area (Å²) in [5.41, 5.74) is 1.29. The first-order chi connectivity index (χ1) is 10.1. The SMILES string of the molecule is COc1ccc(Cl)cc1C(=O)Nc1nc2scc(C)n2n1. The molecule has 2 aromatic heterocycles. The summed E-state index contributed by atoms with van der Waals surface area (Å²) in [6, 6.07) is 4.84. The largest absolute Gasteiger partial charge is 0.496 e. The molecule has 21 heavy (non-hydrogen) atoms. The van der Waals surface area contributed by atoms with Crippen LogP contribution in [-0.2, 0) is 0 Å². The number of hydrogen-bond acceptors (Lipinski definition) is 5. The number of fused-ring (bicyclic) bond motifs is 1. The molecule has 0 saturated carbocycles. The number of carbonyl (C=O) groups is 1. The predicted octanol–water partition coefficient (Wildman–Crippen LogP) is 3.01. The Bertz CT molecular complexity index is 827. The number of aryl methyl sites for hydroxylation is 1. The molecular weight excluding hydrogens is 312 g/mol. The van der Waals surface area contributed by atoms with Gasteiger partial charge in [0.15, 0.2) is 0 Å². The first-order valence-electron chi connectivity index (χ1n) is 6.04. The van der Waals surface area contributed by atoms with E-state index in [4.69, 9.17) is 16.3 Å². The molecule has 1 amide bonds. The molecule has 6 nitrogen and oxygen atoms in total. The number of carbonyl (C=O) groups excluding carboxylic acids is 1. The monoisotopic (exact) mass is 322 g/mol. The van der Waals surface area contributed by atoms with Crippen LogP contribution >= 0.6 is 22.9 Å². The maximum Gasteiger partial charge on any atom is 0.261 e. The van der Waals surface area contributed by atoms with Gasteiger partial charge in [-0.05, 0) is 25.1 Å². The molecule has 2 heterocycles. The van der Waals surface area contributed by atoms with Crippen LogP contribution in [0.1, 0.15) is 16.1 Å². The number of methoxy groups -OCH3 is 1. The molecule has 0 aliphatic heterocycles. The van der Waals surface area contributed by atoms with Crippen LogP contribution in [0, 0.1) is 6.92 Å². The summed E-state index contributed by atoms with van der Waals surface area (Å²) in [5.74, 6) is 0.316. The molecular formula is C13H11ClN4O2S. The van der Waals surface area contributed by atoms with E-state index in [0.29, 0.717) is 16.3 Å². The van der Waals surface area contributed by atoms with Gasteiger partial charge in [-0.2, -0.15) is 4.98 Å². The number of halogens is 1. The summed E-state index contributed by atoms with van der Waals surface area (Å²) in [4.78, 5) is 17.3. The average molecular weight is 323 g/mol. The van der Waals surface area contributed by atoms with Gasteiger partial charge < -0.3 is 4.74 Å². The molecule has 8 heteroatoms. The zero-order valence-electron chi connectivity index (χ0n) is 11.3. The summed E-state index contributed by atoms with van der Waals surface area (Å²) in [7, 11) is 1.49. The highest BCUT2D eigenvalue weighted by atomic mass is 35.5. The maximum absolute atomic E-state index is 12.3. The predicted molar refractivity (Wildman–Crippen MR) is 81.6 cm³/mol. The molecule has 3 rings (SSSR count). The summed E-state index contributed by atoms with van der Waals surface area (Å²) in [6.45, 7) is 1.92. The molecule has 0 radical (unpaired) electrons. The second-order valence-electron chi connectivity index (χ2n) is 4.31. The third kappa shape index (κ3) is 2.57. The summed E-state index contributed by atoms with van der Waals surface area (Å²) in [5, 5.41) is 9.27. The lowest BCUT2D eigenvalue weighted by Gasteiger charge is -2.07. The second kappa shape index (κ2) is 5.34. The topological polar surface area (TPSA) is 68.5 Å². The summed E-state index contributed by atoms with van der Waals surface area (Å²) in [6.07, 6.45) is 0. The molecule has 3 aromatic rings. The third-order valence-corrected chi connectivity index (χ3v) is 4.05. The molecule has 1 aromatic carbocycles. The number of benzene rings is 1. The van der Waals surface area contributed by atoms with Crippen molar-refractivity contribution in [1.82, 2.24) is 14.6 Å². The molecule has 108 valence electrons. The minimum Gasteiger partial charge on any atom is -0.496 e. The molecule has 0 unspecified atom stereocenters. The lowest BCUT2D eigenvalue weighted by molar-refractivity contribution is 0.102. The zero-order valence-corrected chi connectivity index (χ0v) is 12.8. The van der Waals surface area contributed by atoms with E-state index in [1.54, 1.807) is 22.7 Å². The molecule has 0 bridgehead atoms. The van der Waals surface area contributed by atoms with E-state index in [9.17, 15) is 4.79 Å². The van der Waals surface area contributed by atoms with Gasteiger partial charge in [0, 0.05) is 10.4 Å². The van der Waals surface area contributed by atoms with Crippen LogP contribution in [0.3, 0.4) is 0 Å². The van der Waals surface area contributed by atoms with Crippen molar-refractivity contribution in [3.05, 3.63) is 39.9 Å². The molecule has 0 atom stereocenters. The number of aromatic nitrogens is 3. The second-order valence-corrected chi connectivity index (χ2v) is 5.58. The van der Waals surface area contributed by atoms with E-state index in [1.165, 1.54) is 18.4 Å².